The molecule has 0 bridgehead atoms. The summed E-state index contributed by atoms with van der Waals surface area (Å²) in [7, 11) is 1.62. The number of benzene rings is 3. The Morgan fingerprint density at radius 3 is 2.39 bits per heavy atom. The summed E-state index contributed by atoms with van der Waals surface area (Å²) in [6, 6.07) is 25.0. The van der Waals surface area contributed by atoms with Crippen molar-refractivity contribution in [2.75, 3.05) is 7.11 Å². The first kappa shape index (κ1) is 17.7. The number of rotatable bonds is 3. The number of hydrogen-bond acceptors (Lipinski definition) is 3. The highest BCUT2D eigenvalue weighted by molar-refractivity contribution is 5.71. The maximum atomic E-state index is 12.0. The van der Waals surface area contributed by atoms with Crippen LogP contribution in [0.2, 0.25) is 0 Å². The summed E-state index contributed by atoms with van der Waals surface area (Å²) in [5.41, 5.74) is 3.66. The second-order valence-corrected chi connectivity index (χ2v) is 6.47. The molecule has 1 aliphatic heterocycles. The van der Waals surface area contributed by atoms with Gasteiger partial charge in [-0.1, -0.05) is 54.3 Å². The number of alkyl carbamates (subject to hydrolysis) is 1. The Kier molecular flexibility index (Phi) is 4.99. The first-order chi connectivity index (χ1) is 13.7. The minimum Gasteiger partial charge on any atom is -0.497 e. The van der Waals surface area contributed by atoms with E-state index < -0.39 is 12.2 Å². The molecule has 4 nitrogen and oxygen atoms in total. The molecule has 0 aliphatic carbocycles. The van der Waals surface area contributed by atoms with E-state index in [1.807, 2.05) is 78.9 Å². The van der Waals surface area contributed by atoms with Gasteiger partial charge < -0.3 is 14.8 Å². The summed E-state index contributed by atoms with van der Waals surface area (Å²) in [5.74, 6) is 7.07. The van der Waals surface area contributed by atoms with Crippen LogP contribution < -0.4 is 10.1 Å². The van der Waals surface area contributed by atoms with Crippen LogP contribution in [0.25, 0.3) is 0 Å². The van der Waals surface area contributed by atoms with Gasteiger partial charge in [0.15, 0.2) is 6.10 Å². The highest BCUT2D eigenvalue weighted by Gasteiger charge is 2.36. The molecule has 4 rings (SSSR count). The number of ether oxygens (including phenoxy) is 2. The fourth-order valence-electron chi connectivity index (χ4n) is 3.23. The molecule has 1 amide bonds. The number of carbonyl (C=O) groups excluding carboxylic acids is 1. The average Bonchev–Trinajstić information content (AvgIpc) is 3.15. The van der Waals surface area contributed by atoms with Crippen molar-refractivity contribution in [1.29, 1.82) is 0 Å². The second kappa shape index (κ2) is 7.89. The van der Waals surface area contributed by atoms with Gasteiger partial charge in [-0.3, -0.25) is 0 Å². The van der Waals surface area contributed by atoms with Crippen molar-refractivity contribution >= 4 is 6.09 Å². The molecule has 0 saturated carbocycles. The molecule has 4 heteroatoms. The van der Waals surface area contributed by atoms with E-state index in [4.69, 9.17) is 9.47 Å². The Morgan fingerprint density at radius 2 is 1.57 bits per heavy atom. The molecule has 2 atom stereocenters. The van der Waals surface area contributed by atoms with Crippen molar-refractivity contribution in [3.05, 3.63) is 101 Å². The molecule has 0 spiro atoms. The molecule has 3 aromatic rings. The number of amides is 1. The van der Waals surface area contributed by atoms with E-state index in [0.717, 1.165) is 28.0 Å². The van der Waals surface area contributed by atoms with Crippen molar-refractivity contribution in [1.82, 2.24) is 5.32 Å². The number of methoxy groups -OCH3 is 1. The van der Waals surface area contributed by atoms with E-state index >= 15 is 0 Å². The van der Waals surface area contributed by atoms with Crippen LogP contribution in [-0.4, -0.2) is 13.2 Å². The van der Waals surface area contributed by atoms with Crippen LogP contribution in [0, 0.1) is 11.8 Å². The zero-order valence-electron chi connectivity index (χ0n) is 15.4. The molecule has 0 aromatic heterocycles. The molecule has 2 unspecified atom stereocenters. The summed E-state index contributed by atoms with van der Waals surface area (Å²) in [6.07, 6.45) is -0.862. The number of nitrogens with one attached hydrogen (secondary N) is 1. The van der Waals surface area contributed by atoms with Crippen LogP contribution in [0.1, 0.15) is 34.4 Å². The maximum Gasteiger partial charge on any atom is 0.408 e. The Balaban J connectivity index is 1.64. The molecule has 1 heterocycles. The van der Waals surface area contributed by atoms with Gasteiger partial charge >= 0.3 is 6.09 Å². The molecular formula is C24H19NO3. The number of cyclic esters (lactones) is 1. The van der Waals surface area contributed by atoms with Crippen LogP contribution >= 0.6 is 0 Å². The third kappa shape index (κ3) is 3.84. The number of hydrogen-bond donors (Lipinski definition) is 1. The molecule has 1 aliphatic rings. The monoisotopic (exact) mass is 369 g/mol. The van der Waals surface area contributed by atoms with Gasteiger partial charge in [0, 0.05) is 11.1 Å². The maximum absolute atomic E-state index is 12.0. The fraction of sp³-hybridized carbons (Fsp3) is 0.125. The lowest BCUT2D eigenvalue weighted by Gasteiger charge is -2.18. The van der Waals surface area contributed by atoms with Crippen molar-refractivity contribution in [3.8, 4) is 17.6 Å². The average molecular weight is 369 g/mol. The van der Waals surface area contributed by atoms with Gasteiger partial charge in [-0.15, -0.1) is 0 Å². The molecule has 1 saturated heterocycles. The molecule has 1 fully saturated rings. The summed E-state index contributed by atoms with van der Waals surface area (Å²) >= 11 is 0. The van der Waals surface area contributed by atoms with Gasteiger partial charge in [-0.2, -0.15) is 0 Å². The summed E-state index contributed by atoms with van der Waals surface area (Å²) in [4.78, 5) is 12.0. The smallest absolute Gasteiger partial charge is 0.408 e. The van der Waals surface area contributed by atoms with Crippen LogP contribution in [0.3, 0.4) is 0 Å². The van der Waals surface area contributed by atoms with Gasteiger partial charge in [0.2, 0.25) is 0 Å². The summed E-state index contributed by atoms with van der Waals surface area (Å²) in [5, 5.41) is 2.91. The lowest BCUT2D eigenvalue weighted by molar-refractivity contribution is 0.132. The zero-order valence-corrected chi connectivity index (χ0v) is 15.4. The standard InChI is InChI=1S/C24H19NO3/c1-27-21-12-6-11-20(16-21)23-22(25-24(26)28-23)19-10-5-9-18(15-19)14-13-17-7-3-2-4-8-17/h2-12,15-16,22-23H,1H3,(H,25,26). The van der Waals surface area contributed by atoms with E-state index in [2.05, 4.69) is 17.2 Å². The summed E-state index contributed by atoms with van der Waals surface area (Å²) in [6.45, 7) is 0. The highest BCUT2D eigenvalue weighted by Crippen LogP contribution is 2.37. The molecular weight excluding hydrogens is 350 g/mol. The SMILES string of the molecule is COc1cccc(C2OC(=O)NC2c2cccc(C#Cc3ccccc3)c2)c1. The second-order valence-electron chi connectivity index (χ2n) is 6.47. The minimum absolute atomic E-state index is 0.293. The zero-order chi connectivity index (χ0) is 19.3. The van der Waals surface area contributed by atoms with E-state index in [1.54, 1.807) is 7.11 Å². The van der Waals surface area contributed by atoms with E-state index in [0.29, 0.717) is 0 Å². The van der Waals surface area contributed by atoms with Crippen molar-refractivity contribution < 1.29 is 14.3 Å². The lowest BCUT2D eigenvalue weighted by Crippen LogP contribution is -2.19. The Bertz CT molecular complexity index is 1050. The van der Waals surface area contributed by atoms with Gasteiger partial charge in [0.1, 0.15) is 5.75 Å². The first-order valence-electron chi connectivity index (χ1n) is 9.01. The van der Waals surface area contributed by atoms with E-state index in [-0.39, 0.29) is 6.04 Å². The van der Waals surface area contributed by atoms with Gasteiger partial charge in [0.25, 0.3) is 0 Å². The lowest BCUT2D eigenvalue weighted by atomic mass is 9.95. The van der Waals surface area contributed by atoms with Crippen LogP contribution in [0.4, 0.5) is 4.79 Å². The molecule has 28 heavy (non-hydrogen) atoms. The van der Waals surface area contributed by atoms with Crippen LogP contribution in [-0.2, 0) is 4.74 Å². The quantitative estimate of drug-likeness (QED) is 0.686. The normalized spacial score (nSPS) is 17.8. The van der Waals surface area contributed by atoms with Gasteiger partial charge in [0.05, 0.1) is 13.2 Å². The van der Waals surface area contributed by atoms with Gasteiger partial charge in [-0.05, 0) is 47.5 Å². The topological polar surface area (TPSA) is 47.6 Å². The van der Waals surface area contributed by atoms with Crippen molar-refractivity contribution in [3.63, 3.8) is 0 Å². The first-order valence-corrected chi connectivity index (χ1v) is 9.01. The molecule has 3 aromatic carbocycles. The van der Waals surface area contributed by atoms with E-state index in [9.17, 15) is 4.79 Å². The van der Waals surface area contributed by atoms with Gasteiger partial charge in [-0.25, -0.2) is 4.79 Å². The number of carbonyl (C=O) groups is 1. The van der Waals surface area contributed by atoms with Crippen LogP contribution in [0.15, 0.2) is 78.9 Å². The third-order valence-electron chi connectivity index (χ3n) is 4.60. The fourth-order valence-corrected chi connectivity index (χ4v) is 3.23. The molecule has 1 N–H and O–H groups in total. The predicted molar refractivity (Wildman–Crippen MR) is 107 cm³/mol. The summed E-state index contributed by atoms with van der Waals surface area (Å²) < 4.78 is 10.8. The predicted octanol–water partition coefficient (Wildman–Crippen LogP) is 4.62. The Hall–Kier alpha value is -3.71. The highest BCUT2D eigenvalue weighted by atomic mass is 16.6. The molecule has 138 valence electrons. The van der Waals surface area contributed by atoms with E-state index in [1.165, 1.54) is 0 Å². The van der Waals surface area contributed by atoms with Crippen molar-refractivity contribution in [2.45, 2.75) is 12.1 Å². The van der Waals surface area contributed by atoms with Crippen LogP contribution in [0.5, 0.6) is 5.75 Å². The third-order valence-corrected chi connectivity index (χ3v) is 4.60. The Morgan fingerprint density at radius 1 is 0.857 bits per heavy atom. The molecule has 0 radical (unpaired) electrons. The van der Waals surface area contributed by atoms with Crippen molar-refractivity contribution in [2.24, 2.45) is 0 Å². The minimum atomic E-state index is -0.432. The Labute approximate surface area is 164 Å². The largest absolute Gasteiger partial charge is 0.497 e.